The van der Waals surface area contributed by atoms with Crippen molar-refractivity contribution < 1.29 is 47.7 Å². The van der Waals surface area contributed by atoms with Gasteiger partial charge in [0, 0.05) is 30.6 Å². The summed E-state index contributed by atoms with van der Waals surface area (Å²) in [6.45, 7) is 6.47. The van der Waals surface area contributed by atoms with Crippen LogP contribution < -0.4 is 14.8 Å². The van der Waals surface area contributed by atoms with Gasteiger partial charge in [-0.1, -0.05) is 66.7 Å². The van der Waals surface area contributed by atoms with Crippen LogP contribution in [0.25, 0.3) is 6.08 Å². The van der Waals surface area contributed by atoms with E-state index < -0.39 is 59.4 Å². The lowest BCUT2D eigenvalue weighted by molar-refractivity contribution is -0.167. The normalized spacial score (nSPS) is 13.9. The Labute approximate surface area is 307 Å². The van der Waals surface area contributed by atoms with Gasteiger partial charge in [-0.3, -0.25) is 24.0 Å². The van der Waals surface area contributed by atoms with E-state index in [1.807, 2.05) is 42.5 Å². The molecule has 1 unspecified atom stereocenters. The molecule has 12 heteroatoms. The van der Waals surface area contributed by atoms with E-state index in [4.69, 9.17) is 18.6 Å². The van der Waals surface area contributed by atoms with Crippen molar-refractivity contribution in [3.63, 3.8) is 0 Å². The fourth-order valence-electron chi connectivity index (χ4n) is 5.89. The number of para-hydroxylation sites is 1. The lowest BCUT2D eigenvalue weighted by Crippen LogP contribution is -2.49. The van der Waals surface area contributed by atoms with Crippen molar-refractivity contribution in [2.24, 2.45) is 5.92 Å². The molecule has 12 nitrogen and oxygen atoms in total. The Hall–Kier alpha value is -6.17. The third kappa shape index (κ3) is 10.2. The van der Waals surface area contributed by atoms with Crippen LogP contribution in [0.2, 0.25) is 0 Å². The molecule has 0 saturated heterocycles. The summed E-state index contributed by atoms with van der Waals surface area (Å²) in [5.74, 6) is -6.15. The van der Waals surface area contributed by atoms with Crippen LogP contribution in [-0.4, -0.2) is 64.5 Å². The molecule has 0 bridgehead atoms. The number of aliphatic carboxylic acids is 1. The summed E-state index contributed by atoms with van der Waals surface area (Å²) in [5, 5.41) is 12.4. The second-order valence-electron chi connectivity index (χ2n) is 13.6. The van der Waals surface area contributed by atoms with Gasteiger partial charge in [0.15, 0.2) is 17.3 Å². The van der Waals surface area contributed by atoms with Gasteiger partial charge in [-0.25, -0.2) is 0 Å². The number of amides is 2. The smallest absolute Gasteiger partial charge is 0.318 e. The number of carbonyl (C=O) groups is 5. The molecule has 0 saturated carbocycles. The monoisotopic (exact) mass is 722 g/mol. The van der Waals surface area contributed by atoms with Crippen LogP contribution >= 0.6 is 0 Å². The zero-order valence-electron chi connectivity index (χ0n) is 29.9. The highest BCUT2D eigenvalue weighted by atomic mass is 16.7. The number of Topliss-reactive ketones (excluding diaryl/α,β-unsaturated/α-hetero) is 1. The van der Waals surface area contributed by atoms with Gasteiger partial charge in [0.1, 0.15) is 17.3 Å². The summed E-state index contributed by atoms with van der Waals surface area (Å²) >= 11 is 0. The molecular weight excluding hydrogens is 680 g/mol. The molecule has 2 heterocycles. The van der Waals surface area contributed by atoms with E-state index >= 15 is 0 Å². The number of rotatable bonds is 15. The Balaban J connectivity index is 1.50. The number of hydrogen-bond acceptors (Lipinski definition) is 9. The van der Waals surface area contributed by atoms with Gasteiger partial charge in [0.2, 0.25) is 12.6 Å². The van der Waals surface area contributed by atoms with Crippen LogP contribution in [0.4, 0.5) is 5.69 Å². The van der Waals surface area contributed by atoms with Crippen LogP contribution in [0.3, 0.4) is 0 Å². The number of carboxylic acid groups (broad SMARTS) is 1. The van der Waals surface area contributed by atoms with Crippen molar-refractivity contribution in [3.8, 4) is 11.5 Å². The predicted molar refractivity (Wildman–Crippen MR) is 195 cm³/mol. The molecule has 0 radical (unpaired) electrons. The molecule has 4 aromatic rings. The summed E-state index contributed by atoms with van der Waals surface area (Å²) in [4.78, 5) is 67.5. The Morgan fingerprint density at radius 1 is 0.906 bits per heavy atom. The minimum atomic E-state index is -1.87. The lowest BCUT2D eigenvalue weighted by Gasteiger charge is -2.35. The first kappa shape index (κ1) is 38.1. The van der Waals surface area contributed by atoms with E-state index in [0.717, 1.165) is 5.56 Å². The highest BCUT2D eigenvalue weighted by molar-refractivity contribution is 6.40. The average molecular weight is 723 g/mol. The molecule has 0 spiro atoms. The van der Waals surface area contributed by atoms with Crippen LogP contribution in [0, 0.1) is 5.92 Å². The number of hydrogen-bond donors (Lipinski definition) is 2. The van der Waals surface area contributed by atoms with Gasteiger partial charge in [0.25, 0.3) is 11.8 Å². The van der Waals surface area contributed by atoms with Gasteiger partial charge in [-0.2, -0.15) is 0 Å². The van der Waals surface area contributed by atoms with E-state index in [2.05, 4.69) is 5.32 Å². The van der Waals surface area contributed by atoms with Crippen molar-refractivity contribution in [3.05, 3.63) is 120 Å². The van der Waals surface area contributed by atoms with E-state index in [0.29, 0.717) is 28.5 Å². The molecule has 0 fully saturated rings. The zero-order chi connectivity index (χ0) is 38.1. The predicted octanol–water partition coefficient (Wildman–Crippen LogP) is 6.52. The number of ether oxygens (including phenoxy) is 3. The molecule has 53 heavy (non-hydrogen) atoms. The highest BCUT2D eigenvalue weighted by Gasteiger charge is 2.41. The number of esters is 1. The van der Waals surface area contributed by atoms with E-state index in [1.54, 1.807) is 88.4 Å². The lowest BCUT2D eigenvalue weighted by atomic mass is 9.86. The van der Waals surface area contributed by atoms with E-state index in [-0.39, 0.29) is 25.5 Å². The topological polar surface area (TPSA) is 162 Å². The summed E-state index contributed by atoms with van der Waals surface area (Å²) in [6, 6.07) is 26.1. The van der Waals surface area contributed by atoms with Gasteiger partial charge in [-0.15, -0.1) is 0 Å². The maximum Gasteiger partial charge on any atom is 0.318 e. The van der Waals surface area contributed by atoms with Gasteiger partial charge >= 0.3 is 11.9 Å². The number of benzene rings is 3. The van der Waals surface area contributed by atoms with Crippen LogP contribution in [0.15, 0.2) is 101 Å². The molecule has 3 aromatic carbocycles. The number of furan rings is 1. The van der Waals surface area contributed by atoms with Crippen LogP contribution in [-0.2, 0) is 30.3 Å². The van der Waals surface area contributed by atoms with Gasteiger partial charge in [-0.05, 0) is 75.2 Å². The first-order chi connectivity index (χ1) is 25.3. The molecular formula is C41H42N2O10. The zero-order valence-corrected chi connectivity index (χ0v) is 29.9. The second kappa shape index (κ2) is 16.9. The highest BCUT2D eigenvalue weighted by Crippen LogP contribution is 2.38. The van der Waals surface area contributed by atoms with Crippen LogP contribution in [0.5, 0.6) is 11.5 Å². The first-order valence-corrected chi connectivity index (χ1v) is 17.1. The van der Waals surface area contributed by atoms with Crippen LogP contribution in [0.1, 0.15) is 67.5 Å². The Kier molecular flexibility index (Phi) is 12.1. The minimum absolute atomic E-state index is 0.0378. The molecule has 3 atom stereocenters. The standard InChI is InChI=1S/C41H42N2O10/c1-26(43(21-11-14-27-12-7-5-8-13-27)39(48)37(46)32(24-36(44)45)40(49)53-41(2,3)4)31(28-17-19-33-35(22-28)51-25-50-33)23-30-18-20-34(52-30)38(47)42-29-15-9-6-10-16-29/h5-20,22,26,31-32H,21,23-25H2,1-4H3,(H,42,47)(H,44,45)/t26-,31+,32?/m1/s1. The maximum absolute atomic E-state index is 14.3. The van der Waals surface area contributed by atoms with Gasteiger partial charge < -0.3 is 34.0 Å². The third-order valence-corrected chi connectivity index (χ3v) is 8.51. The van der Waals surface area contributed by atoms with Crippen molar-refractivity contribution >= 4 is 41.3 Å². The summed E-state index contributed by atoms with van der Waals surface area (Å²) < 4.78 is 22.6. The maximum atomic E-state index is 14.3. The molecule has 276 valence electrons. The largest absolute Gasteiger partial charge is 0.481 e. The quantitative estimate of drug-likeness (QED) is 0.0785. The Morgan fingerprint density at radius 3 is 2.26 bits per heavy atom. The first-order valence-electron chi connectivity index (χ1n) is 17.1. The number of nitrogens with one attached hydrogen (secondary N) is 1. The Bertz CT molecular complexity index is 1960. The minimum Gasteiger partial charge on any atom is -0.481 e. The molecule has 1 aliphatic rings. The Morgan fingerprint density at radius 2 is 1.58 bits per heavy atom. The molecule has 1 aliphatic heterocycles. The number of carboxylic acids is 1. The number of carbonyl (C=O) groups excluding carboxylic acids is 4. The van der Waals surface area contributed by atoms with Gasteiger partial charge in [0.05, 0.1) is 6.42 Å². The van der Waals surface area contributed by atoms with E-state index in [9.17, 15) is 29.1 Å². The van der Waals surface area contributed by atoms with Crippen molar-refractivity contribution in [2.75, 3.05) is 18.7 Å². The summed E-state index contributed by atoms with van der Waals surface area (Å²) in [5.41, 5.74) is 1.12. The van der Waals surface area contributed by atoms with E-state index in [1.165, 1.54) is 4.90 Å². The van der Waals surface area contributed by atoms with Crippen molar-refractivity contribution in [2.45, 2.75) is 58.1 Å². The summed E-state index contributed by atoms with van der Waals surface area (Å²) in [7, 11) is 0. The second-order valence-corrected chi connectivity index (χ2v) is 13.6. The number of anilines is 1. The molecule has 2 N–H and O–H groups in total. The van der Waals surface area contributed by atoms with Crippen molar-refractivity contribution in [1.82, 2.24) is 4.90 Å². The fourth-order valence-corrected chi connectivity index (χ4v) is 5.89. The molecule has 5 rings (SSSR count). The molecule has 1 aromatic heterocycles. The summed E-state index contributed by atoms with van der Waals surface area (Å²) in [6.07, 6.45) is 2.75. The molecule has 2 amide bonds. The number of nitrogens with zero attached hydrogens (tertiary/aromatic N) is 1. The van der Waals surface area contributed by atoms with Crippen molar-refractivity contribution in [1.29, 1.82) is 0 Å². The molecule has 0 aliphatic carbocycles. The number of fused-ring (bicyclic) bond motifs is 1. The average Bonchev–Trinajstić information content (AvgIpc) is 3.80. The number of ketones is 1. The SMILES string of the molecule is C[C@H]([C@H](Cc1ccc(C(=O)Nc2ccccc2)o1)c1ccc2c(c1)OCO2)N(CC=Cc1ccccc1)C(=O)C(=O)C(CC(=O)O)C(=O)OC(C)(C)C. The fraction of sp³-hybridized carbons (Fsp3) is 0.293. The third-order valence-electron chi connectivity index (χ3n) is 8.51.